The van der Waals surface area contributed by atoms with Crippen LogP contribution in [0.15, 0.2) is 36.4 Å². The lowest BCUT2D eigenvalue weighted by molar-refractivity contribution is -0.919. The van der Waals surface area contributed by atoms with Crippen LogP contribution in [0.5, 0.6) is 0 Å². The van der Waals surface area contributed by atoms with E-state index in [-0.39, 0.29) is 12.4 Å². The number of alkyl halides is 3. The Morgan fingerprint density at radius 3 is 1.96 bits per heavy atom. The zero-order valence-corrected chi connectivity index (χ0v) is 17.8. The van der Waals surface area contributed by atoms with Gasteiger partial charge >= 0.3 is 6.18 Å². The van der Waals surface area contributed by atoms with E-state index in [2.05, 4.69) is 32.9 Å². The first-order valence-electron chi connectivity index (χ1n) is 10.0. The number of benzene rings is 1. The van der Waals surface area contributed by atoms with E-state index in [1.165, 1.54) is 38.6 Å². The third-order valence-electron chi connectivity index (χ3n) is 5.37. The van der Waals surface area contributed by atoms with Gasteiger partial charge in [-0.1, -0.05) is 44.4 Å². The van der Waals surface area contributed by atoms with Gasteiger partial charge in [0.1, 0.15) is 0 Å². The van der Waals surface area contributed by atoms with E-state index >= 15 is 0 Å². The third-order valence-corrected chi connectivity index (χ3v) is 5.37. The van der Waals surface area contributed by atoms with Crippen LogP contribution in [0.1, 0.15) is 64.0 Å². The molecule has 0 fully saturated rings. The molecule has 0 saturated carbocycles. The van der Waals surface area contributed by atoms with Crippen molar-refractivity contribution in [3.63, 3.8) is 0 Å². The highest BCUT2D eigenvalue weighted by Crippen LogP contribution is 2.29. The van der Waals surface area contributed by atoms with E-state index in [0.29, 0.717) is 6.42 Å². The van der Waals surface area contributed by atoms with Gasteiger partial charge in [0.2, 0.25) is 0 Å². The Morgan fingerprint density at radius 1 is 0.852 bits per heavy atom. The second-order valence-corrected chi connectivity index (χ2v) is 7.16. The topological polar surface area (TPSA) is 0 Å². The summed E-state index contributed by atoms with van der Waals surface area (Å²) >= 11 is 0. The number of hydrogen-bond donors (Lipinski definition) is 0. The summed E-state index contributed by atoms with van der Waals surface area (Å²) in [5.41, 5.74) is 0.334. The van der Waals surface area contributed by atoms with Crippen LogP contribution in [0.2, 0.25) is 0 Å². The average Bonchev–Trinajstić information content (AvgIpc) is 2.63. The molecule has 1 nitrogen and oxygen atoms in total. The molecule has 27 heavy (non-hydrogen) atoms. The summed E-state index contributed by atoms with van der Waals surface area (Å²) in [6.07, 6.45) is 7.23. The van der Waals surface area contributed by atoms with Crippen LogP contribution >= 0.6 is 0 Å². The second-order valence-electron chi connectivity index (χ2n) is 7.16. The summed E-state index contributed by atoms with van der Waals surface area (Å²) in [7, 11) is 0. The Kier molecular flexibility index (Phi) is 12.7. The molecular weight excluding hydrogens is 371 g/mol. The number of unbranched alkanes of at least 4 members (excludes halogenated alkanes) is 4. The second kappa shape index (κ2) is 13.2. The molecule has 1 aromatic rings. The summed E-state index contributed by atoms with van der Waals surface area (Å²) < 4.78 is 38.9. The average molecular weight is 406 g/mol. The minimum Gasteiger partial charge on any atom is -1.00 e. The fourth-order valence-electron chi connectivity index (χ4n) is 3.29. The molecule has 0 N–H and O–H groups in total. The number of quaternary nitrogens is 1. The van der Waals surface area contributed by atoms with Crippen molar-refractivity contribution in [2.75, 3.05) is 26.2 Å². The number of likely N-dealkylation sites (N-methyl/N-ethyl adjacent to an activating group) is 1. The van der Waals surface area contributed by atoms with Crippen LogP contribution in [0.4, 0.5) is 13.2 Å². The molecule has 0 aliphatic heterocycles. The molecule has 0 unspecified atom stereocenters. The lowest BCUT2D eigenvalue weighted by Gasteiger charge is -2.36. The number of rotatable bonds is 12. The summed E-state index contributed by atoms with van der Waals surface area (Å²) in [6.45, 7) is 11.2. The molecule has 0 radical (unpaired) electrons. The van der Waals surface area contributed by atoms with E-state index in [1.807, 2.05) is 0 Å². The van der Waals surface area contributed by atoms with E-state index in [4.69, 9.17) is 0 Å². The smallest absolute Gasteiger partial charge is 0.416 e. The van der Waals surface area contributed by atoms with Gasteiger partial charge in [-0.25, -0.2) is 0 Å². The summed E-state index contributed by atoms with van der Waals surface area (Å²) in [4.78, 5) is 0. The molecular formula is C22H35ClF3N. The minimum absolute atomic E-state index is 0. The number of halogens is 4. The van der Waals surface area contributed by atoms with E-state index in [0.717, 1.165) is 41.8 Å². The molecule has 0 bridgehead atoms. The van der Waals surface area contributed by atoms with Crippen molar-refractivity contribution in [2.45, 2.75) is 65.5 Å². The van der Waals surface area contributed by atoms with Crippen molar-refractivity contribution in [3.05, 3.63) is 47.5 Å². The van der Waals surface area contributed by atoms with Crippen molar-refractivity contribution >= 4 is 0 Å². The number of allylic oxidation sites excluding steroid dienone is 1. The SMILES string of the molecule is CCCCCCC[N+](CC)(CC)C/C=C/Cc1ccc(C(F)(F)F)cc1.[Cl-]. The van der Waals surface area contributed by atoms with Crippen LogP contribution in [-0.4, -0.2) is 30.7 Å². The van der Waals surface area contributed by atoms with Gasteiger partial charge in [0, 0.05) is 0 Å². The molecule has 0 spiro atoms. The van der Waals surface area contributed by atoms with E-state index in [1.54, 1.807) is 12.1 Å². The quantitative estimate of drug-likeness (QED) is 0.283. The van der Waals surface area contributed by atoms with Gasteiger partial charge in [-0.15, -0.1) is 0 Å². The number of hydrogen-bond acceptors (Lipinski definition) is 0. The highest BCUT2D eigenvalue weighted by Gasteiger charge is 2.29. The highest BCUT2D eigenvalue weighted by molar-refractivity contribution is 5.25. The normalized spacial score (nSPS) is 12.4. The molecule has 0 aliphatic rings. The van der Waals surface area contributed by atoms with Crippen molar-refractivity contribution in [3.8, 4) is 0 Å². The van der Waals surface area contributed by atoms with Crippen LogP contribution in [0, 0.1) is 0 Å². The van der Waals surface area contributed by atoms with Gasteiger partial charge in [-0.05, 0) is 56.9 Å². The largest absolute Gasteiger partial charge is 1.00 e. The van der Waals surface area contributed by atoms with Crippen molar-refractivity contribution in [2.24, 2.45) is 0 Å². The van der Waals surface area contributed by atoms with Crippen molar-refractivity contribution in [1.29, 1.82) is 0 Å². The predicted molar refractivity (Wildman–Crippen MR) is 104 cm³/mol. The third kappa shape index (κ3) is 9.66. The van der Waals surface area contributed by atoms with Crippen LogP contribution in [-0.2, 0) is 12.6 Å². The Balaban J connectivity index is 0.00000676. The first-order chi connectivity index (χ1) is 12.4. The monoisotopic (exact) mass is 405 g/mol. The molecule has 156 valence electrons. The Hall–Kier alpha value is -1.00. The lowest BCUT2D eigenvalue weighted by atomic mass is 10.1. The molecule has 1 rings (SSSR count). The summed E-state index contributed by atoms with van der Waals surface area (Å²) in [5, 5.41) is 0. The van der Waals surface area contributed by atoms with Crippen molar-refractivity contribution in [1.82, 2.24) is 0 Å². The van der Waals surface area contributed by atoms with Gasteiger partial charge in [0.05, 0.1) is 31.7 Å². The maximum atomic E-state index is 12.6. The molecule has 0 heterocycles. The molecule has 1 aromatic carbocycles. The van der Waals surface area contributed by atoms with Crippen LogP contribution in [0.3, 0.4) is 0 Å². The van der Waals surface area contributed by atoms with E-state index < -0.39 is 11.7 Å². The maximum Gasteiger partial charge on any atom is 0.416 e. The fraction of sp³-hybridized carbons (Fsp3) is 0.636. The van der Waals surface area contributed by atoms with Crippen LogP contribution in [0.25, 0.3) is 0 Å². The zero-order valence-electron chi connectivity index (χ0n) is 17.0. The molecule has 5 heteroatoms. The Morgan fingerprint density at radius 2 is 1.44 bits per heavy atom. The maximum absolute atomic E-state index is 12.6. The predicted octanol–water partition coefficient (Wildman–Crippen LogP) is 3.64. The molecule has 0 amide bonds. The van der Waals surface area contributed by atoms with Gasteiger partial charge in [-0.3, -0.25) is 0 Å². The van der Waals surface area contributed by atoms with Gasteiger partial charge < -0.3 is 16.9 Å². The van der Waals surface area contributed by atoms with E-state index in [9.17, 15) is 13.2 Å². The molecule has 0 atom stereocenters. The lowest BCUT2D eigenvalue weighted by Crippen LogP contribution is -3.00. The first kappa shape index (κ1) is 26.0. The van der Waals surface area contributed by atoms with Gasteiger partial charge in [0.15, 0.2) is 0 Å². The van der Waals surface area contributed by atoms with Crippen LogP contribution < -0.4 is 12.4 Å². The highest BCUT2D eigenvalue weighted by atomic mass is 35.5. The van der Waals surface area contributed by atoms with Gasteiger partial charge in [0.25, 0.3) is 0 Å². The van der Waals surface area contributed by atoms with Crippen molar-refractivity contribution < 1.29 is 30.1 Å². The Labute approximate surface area is 169 Å². The Bertz CT molecular complexity index is 519. The summed E-state index contributed by atoms with van der Waals surface area (Å²) in [5.74, 6) is 0. The van der Waals surface area contributed by atoms with Gasteiger partial charge in [-0.2, -0.15) is 13.2 Å². The minimum atomic E-state index is -4.26. The first-order valence-corrected chi connectivity index (χ1v) is 10.0. The molecule has 0 aliphatic carbocycles. The molecule has 0 aromatic heterocycles. The zero-order chi connectivity index (χ0) is 19.5. The number of nitrogens with zero attached hydrogens (tertiary/aromatic N) is 1. The standard InChI is InChI=1S/C22H35F3N.ClH/c1-4-7-8-9-11-18-26(5-2,6-3)19-12-10-13-20-14-16-21(17-15-20)22(23,24)25;/h10,12,14-17H,4-9,11,13,18-19H2,1-3H3;1H/q+1;/p-1/b12-10+;. The molecule has 0 saturated heterocycles. The summed E-state index contributed by atoms with van der Waals surface area (Å²) in [6, 6.07) is 5.47. The fourth-order valence-corrected chi connectivity index (χ4v) is 3.29.